The molecule has 0 aromatic carbocycles. The van der Waals surface area contributed by atoms with Crippen LogP contribution in [0.15, 0.2) is 0 Å². The van der Waals surface area contributed by atoms with Gasteiger partial charge in [-0.1, -0.05) is 13.3 Å². The summed E-state index contributed by atoms with van der Waals surface area (Å²) in [6.07, 6.45) is 1.91. The number of unbranched alkanes of at least 4 members (excludes halogenated alkanes) is 1. The Morgan fingerprint density at radius 2 is 2.62 bits per heavy atom. The first kappa shape index (κ1) is 5.60. The van der Waals surface area contributed by atoms with Crippen molar-refractivity contribution >= 4 is 5.97 Å². The number of carbonyl (C=O) groups is 1. The third-order valence-electron chi connectivity index (χ3n) is 0.761. The molecule has 2 heteroatoms. The topological polar surface area (TPSA) is 26.3 Å². The third kappa shape index (κ3) is 5.47. The second-order valence-electron chi connectivity index (χ2n) is 1.57. The fourth-order valence-corrected chi connectivity index (χ4v) is 0.330. The lowest BCUT2D eigenvalue weighted by atomic mass is 10.4. The van der Waals surface area contributed by atoms with Gasteiger partial charge in [-0.15, -0.1) is 0 Å². The number of esters is 1. The summed E-state index contributed by atoms with van der Waals surface area (Å²) in [7, 11) is 0. The van der Waals surface area contributed by atoms with Crippen LogP contribution in [0.1, 0.15) is 28.0 Å². The van der Waals surface area contributed by atoms with Gasteiger partial charge in [-0.3, -0.25) is 4.79 Å². The molecule has 0 bridgehead atoms. The van der Waals surface area contributed by atoms with E-state index in [1.54, 1.807) is 0 Å². The van der Waals surface area contributed by atoms with Crippen LogP contribution in [0.2, 0.25) is 0 Å². The second-order valence-corrected chi connectivity index (χ2v) is 1.57. The van der Waals surface area contributed by atoms with Crippen LogP contribution in [0.5, 0.6) is 0 Å². The van der Waals surface area contributed by atoms with Crippen molar-refractivity contribution < 1.29 is 10.9 Å². The maximum Gasteiger partial charge on any atom is 0.302 e. The summed E-state index contributed by atoms with van der Waals surface area (Å²) in [6.45, 7) is 2.23. The summed E-state index contributed by atoms with van der Waals surface area (Å²) in [5, 5.41) is 0. The van der Waals surface area contributed by atoms with E-state index in [4.69, 9.17) is 1.37 Å². The van der Waals surface area contributed by atoms with E-state index in [0.717, 1.165) is 12.8 Å². The highest BCUT2D eigenvalue weighted by Gasteiger charge is 1.88. The van der Waals surface area contributed by atoms with Crippen LogP contribution in [-0.4, -0.2) is 12.6 Å². The molecule has 0 aliphatic heterocycles. The molecule has 2 nitrogen and oxygen atoms in total. The zero-order valence-electron chi connectivity index (χ0n) is 6.14. The van der Waals surface area contributed by atoms with Crippen LogP contribution in [-0.2, 0) is 9.53 Å². The average Bonchev–Trinajstić information content (AvgIpc) is 1.89. The number of hydrogen-bond donors (Lipinski definition) is 0. The first-order chi connectivity index (χ1) is 4.31. The van der Waals surface area contributed by atoms with E-state index in [0.29, 0.717) is 6.61 Å². The second kappa shape index (κ2) is 4.62. The molecule has 0 aliphatic rings. The molecule has 8 heavy (non-hydrogen) atoms. The van der Waals surface area contributed by atoms with Crippen molar-refractivity contribution in [1.82, 2.24) is 0 Å². The highest BCUT2D eigenvalue weighted by Crippen LogP contribution is 1.86. The summed E-state index contributed by atoms with van der Waals surface area (Å²) in [4.78, 5) is 10.3. The van der Waals surface area contributed by atoms with Crippen molar-refractivity contribution in [1.29, 1.82) is 0 Å². The molecular weight excluding hydrogens is 104 g/mol. The van der Waals surface area contributed by atoms with Gasteiger partial charge in [0.25, 0.3) is 0 Å². The molecule has 0 unspecified atom stereocenters. The Hall–Kier alpha value is -0.530. The first-order valence-corrected chi connectivity index (χ1v) is 2.76. The summed E-state index contributed by atoms with van der Waals surface area (Å²) < 4.78 is 11.2. The predicted molar refractivity (Wildman–Crippen MR) is 31.5 cm³/mol. The van der Waals surface area contributed by atoms with Crippen molar-refractivity contribution in [2.45, 2.75) is 26.7 Å². The molecule has 0 aliphatic carbocycles. The summed E-state index contributed by atoms with van der Waals surface area (Å²) in [5.74, 6) is -0.427. The van der Waals surface area contributed by atoms with Gasteiger partial charge < -0.3 is 4.74 Å². The Bertz CT molecular complexity index is 83.1. The molecule has 48 valence electrons. The van der Waals surface area contributed by atoms with Crippen LogP contribution in [0.4, 0.5) is 0 Å². The van der Waals surface area contributed by atoms with Crippen LogP contribution >= 0.6 is 0 Å². The fourth-order valence-electron chi connectivity index (χ4n) is 0.330. The van der Waals surface area contributed by atoms with E-state index in [-0.39, 0.29) is 6.90 Å². The van der Waals surface area contributed by atoms with E-state index < -0.39 is 5.97 Å². The minimum atomic E-state index is -0.427. The molecule has 0 atom stereocenters. The van der Waals surface area contributed by atoms with Gasteiger partial charge >= 0.3 is 5.97 Å². The Morgan fingerprint density at radius 3 is 3.12 bits per heavy atom. The third-order valence-corrected chi connectivity index (χ3v) is 0.761. The monoisotopic (exact) mass is 117 g/mol. The standard InChI is InChI=1S/C6H12O2/c1-3-4-5-8-6(2)7/h3-5H2,1-2H3/i2D. The van der Waals surface area contributed by atoms with Crippen molar-refractivity contribution in [3.8, 4) is 0 Å². The molecule has 0 aromatic rings. The highest BCUT2D eigenvalue weighted by molar-refractivity contribution is 5.65. The predicted octanol–water partition coefficient (Wildman–Crippen LogP) is 1.35. The number of rotatable bonds is 3. The first-order valence-electron chi connectivity index (χ1n) is 3.46. The molecule has 0 N–H and O–H groups in total. The van der Waals surface area contributed by atoms with Gasteiger partial charge in [-0.25, -0.2) is 0 Å². The maximum atomic E-state index is 10.3. The number of hydrogen-bond acceptors (Lipinski definition) is 2. The molecular formula is C6H12O2. The summed E-state index contributed by atoms with van der Waals surface area (Å²) >= 11 is 0. The lowest BCUT2D eigenvalue weighted by Crippen LogP contribution is -1.99. The molecule has 0 heterocycles. The lowest BCUT2D eigenvalue weighted by Gasteiger charge is -1.96. The molecule has 0 saturated carbocycles. The Kier molecular flexibility index (Phi) is 3.24. The Labute approximate surface area is 51.2 Å². The Morgan fingerprint density at radius 1 is 1.88 bits per heavy atom. The minimum Gasteiger partial charge on any atom is -0.466 e. The summed E-state index contributed by atoms with van der Waals surface area (Å²) in [5.41, 5.74) is 0. The average molecular weight is 117 g/mol. The number of carbonyl (C=O) groups excluding carboxylic acids is 1. The van der Waals surface area contributed by atoms with Gasteiger partial charge in [0.15, 0.2) is 0 Å². The molecule has 0 radical (unpaired) electrons. The quantitative estimate of drug-likeness (QED) is 0.412. The molecule has 0 aromatic heterocycles. The van der Waals surface area contributed by atoms with Crippen LogP contribution in [0, 0.1) is 0 Å². The lowest BCUT2D eigenvalue weighted by molar-refractivity contribution is -0.141. The van der Waals surface area contributed by atoms with Crippen molar-refractivity contribution in [3.63, 3.8) is 0 Å². The fraction of sp³-hybridized carbons (Fsp3) is 0.833. The van der Waals surface area contributed by atoms with Gasteiger partial charge in [0.1, 0.15) is 0 Å². The van der Waals surface area contributed by atoms with E-state index in [1.807, 2.05) is 6.92 Å². The normalized spacial score (nSPS) is 10.4. The van der Waals surface area contributed by atoms with E-state index in [1.165, 1.54) is 0 Å². The minimum absolute atomic E-state index is 0.260. The van der Waals surface area contributed by atoms with Gasteiger partial charge in [0, 0.05) is 8.27 Å². The Balaban J connectivity index is 2.97. The van der Waals surface area contributed by atoms with Gasteiger partial charge in [-0.2, -0.15) is 0 Å². The van der Waals surface area contributed by atoms with Crippen LogP contribution in [0.3, 0.4) is 0 Å². The molecule has 0 rings (SSSR count). The smallest absolute Gasteiger partial charge is 0.302 e. The van der Waals surface area contributed by atoms with E-state index in [9.17, 15) is 4.79 Å². The van der Waals surface area contributed by atoms with Crippen molar-refractivity contribution in [2.24, 2.45) is 0 Å². The van der Waals surface area contributed by atoms with Crippen LogP contribution in [0.25, 0.3) is 0 Å². The molecule has 0 fully saturated rings. The van der Waals surface area contributed by atoms with Crippen LogP contribution < -0.4 is 0 Å². The molecule has 0 amide bonds. The largest absolute Gasteiger partial charge is 0.466 e. The van der Waals surface area contributed by atoms with E-state index in [2.05, 4.69) is 4.74 Å². The zero-order chi connectivity index (χ0) is 7.11. The van der Waals surface area contributed by atoms with Gasteiger partial charge in [-0.05, 0) is 6.42 Å². The van der Waals surface area contributed by atoms with Crippen molar-refractivity contribution in [2.75, 3.05) is 6.61 Å². The highest BCUT2D eigenvalue weighted by atomic mass is 16.5. The van der Waals surface area contributed by atoms with E-state index >= 15 is 0 Å². The maximum absolute atomic E-state index is 10.3. The summed E-state index contributed by atoms with van der Waals surface area (Å²) in [6, 6.07) is 0. The SMILES string of the molecule is [2H]CC(=O)OCCCC. The molecule has 0 saturated heterocycles. The van der Waals surface area contributed by atoms with Gasteiger partial charge in [0.2, 0.25) is 0 Å². The van der Waals surface area contributed by atoms with Gasteiger partial charge in [0.05, 0.1) is 6.61 Å². The number of ether oxygens (including phenoxy) is 1. The zero-order valence-corrected chi connectivity index (χ0v) is 5.14. The van der Waals surface area contributed by atoms with Crippen molar-refractivity contribution in [3.05, 3.63) is 0 Å². The molecule has 0 spiro atoms.